The summed E-state index contributed by atoms with van der Waals surface area (Å²) in [7, 11) is 0. The van der Waals surface area contributed by atoms with Crippen LogP contribution in [0.2, 0.25) is 0 Å². The first-order valence-electron chi connectivity index (χ1n) is 4.95. The van der Waals surface area contributed by atoms with Crippen LogP contribution in [0.25, 0.3) is 0 Å². The summed E-state index contributed by atoms with van der Waals surface area (Å²) in [6.45, 7) is 2.79. The molecule has 1 aliphatic carbocycles. The summed E-state index contributed by atoms with van der Waals surface area (Å²) in [6.07, 6.45) is 5.09. The van der Waals surface area contributed by atoms with Crippen LogP contribution in [0.3, 0.4) is 0 Å². The fraction of sp³-hybridized carbons (Fsp3) is 0.900. The highest BCUT2D eigenvalue weighted by atomic mass is 16.5. The first kappa shape index (κ1) is 8.09. The van der Waals surface area contributed by atoms with E-state index in [9.17, 15) is 4.79 Å². The first-order chi connectivity index (χ1) is 5.79. The fourth-order valence-corrected chi connectivity index (χ4v) is 2.62. The standard InChI is InChI=1S/C10H16O2/c1-7-6-12-10(11)9(7)8-4-2-3-5-8/h7-9H,2-6H2,1H3. The lowest BCUT2D eigenvalue weighted by atomic mass is 9.83. The highest BCUT2D eigenvalue weighted by Gasteiger charge is 2.40. The zero-order chi connectivity index (χ0) is 8.55. The van der Waals surface area contributed by atoms with Crippen molar-refractivity contribution in [1.29, 1.82) is 0 Å². The van der Waals surface area contributed by atoms with Gasteiger partial charge in [-0.05, 0) is 18.8 Å². The van der Waals surface area contributed by atoms with E-state index in [1.807, 2.05) is 0 Å². The molecule has 0 aromatic carbocycles. The molecule has 2 nitrogen and oxygen atoms in total. The van der Waals surface area contributed by atoms with Crippen LogP contribution in [0.1, 0.15) is 32.6 Å². The molecule has 0 bridgehead atoms. The van der Waals surface area contributed by atoms with Crippen LogP contribution in [-0.4, -0.2) is 12.6 Å². The minimum absolute atomic E-state index is 0.0643. The smallest absolute Gasteiger partial charge is 0.309 e. The molecule has 0 spiro atoms. The van der Waals surface area contributed by atoms with Crippen molar-refractivity contribution in [3.63, 3.8) is 0 Å². The molecule has 0 radical (unpaired) electrons. The maximum atomic E-state index is 11.3. The van der Waals surface area contributed by atoms with Gasteiger partial charge in [-0.15, -0.1) is 0 Å². The summed E-state index contributed by atoms with van der Waals surface area (Å²) in [5, 5.41) is 0. The molecule has 1 heterocycles. The monoisotopic (exact) mass is 168 g/mol. The molecule has 2 rings (SSSR count). The largest absolute Gasteiger partial charge is 0.465 e. The minimum atomic E-state index is 0.0643. The summed E-state index contributed by atoms with van der Waals surface area (Å²) in [4.78, 5) is 11.3. The van der Waals surface area contributed by atoms with Gasteiger partial charge >= 0.3 is 5.97 Å². The second-order valence-electron chi connectivity index (χ2n) is 4.18. The van der Waals surface area contributed by atoms with Gasteiger partial charge in [-0.1, -0.05) is 19.8 Å². The van der Waals surface area contributed by atoms with Crippen LogP contribution in [0.15, 0.2) is 0 Å². The zero-order valence-corrected chi connectivity index (χ0v) is 7.58. The number of carbonyl (C=O) groups is 1. The Hall–Kier alpha value is -0.530. The molecule has 1 saturated heterocycles. The van der Waals surface area contributed by atoms with Crippen LogP contribution in [0.4, 0.5) is 0 Å². The Labute approximate surface area is 73.3 Å². The normalized spacial score (nSPS) is 37.2. The second kappa shape index (κ2) is 3.08. The second-order valence-corrected chi connectivity index (χ2v) is 4.18. The molecule has 12 heavy (non-hydrogen) atoms. The zero-order valence-electron chi connectivity index (χ0n) is 7.58. The lowest BCUT2D eigenvalue weighted by Crippen LogP contribution is -2.21. The molecule has 2 aliphatic rings. The molecular weight excluding hydrogens is 152 g/mol. The van der Waals surface area contributed by atoms with E-state index in [0.29, 0.717) is 18.4 Å². The Bertz CT molecular complexity index is 182. The van der Waals surface area contributed by atoms with Gasteiger partial charge in [0.2, 0.25) is 0 Å². The number of hydrogen-bond acceptors (Lipinski definition) is 2. The quantitative estimate of drug-likeness (QED) is 0.560. The Morgan fingerprint density at radius 3 is 2.50 bits per heavy atom. The molecule has 2 unspecified atom stereocenters. The van der Waals surface area contributed by atoms with Crippen molar-refractivity contribution in [2.24, 2.45) is 17.8 Å². The van der Waals surface area contributed by atoms with Crippen LogP contribution >= 0.6 is 0 Å². The van der Waals surface area contributed by atoms with E-state index in [4.69, 9.17) is 4.74 Å². The number of rotatable bonds is 1. The van der Waals surface area contributed by atoms with Gasteiger partial charge in [-0.25, -0.2) is 0 Å². The molecular formula is C10H16O2. The molecule has 2 fully saturated rings. The van der Waals surface area contributed by atoms with Gasteiger partial charge in [0, 0.05) is 5.92 Å². The van der Waals surface area contributed by atoms with E-state index < -0.39 is 0 Å². The topological polar surface area (TPSA) is 26.3 Å². The predicted octanol–water partition coefficient (Wildman–Crippen LogP) is 1.99. The van der Waals surface area contributed by atoms with E-state index in [2.05, 4.69) is 6.92 Å². The minimum Gasteiger partial charge on any atom is -0.465 e. The maximum Gasteiger partial charge on any atom is 0.309 e. The Kier molecular flexibility index (Phi) is 2.07. The first-order valence-corrected chi connectivity index (χ1v) is 4.95. The van der Waals surface area contributed by atoms with E-state index in [0.717, 1.165) is 0 Å². The number of hydrogen-bond donors (Lipinski definition) is 0. The third-order valence-electron chi connectivity index (χ3n) is 3.28. The van der Waals surface area contributed by atoms with Gasteiger partial charge in [0.05, 0.1) is 12.5 Å². The molecule has 2 heteroatoms. The van der Waals surface area contributed by atoms with Gasteiger partial charge < -0.3 is 4.74 Å². The summed E-state index contributed by atoms with van der Waals surface area (Å²) in [5.74, 6) is 1.39. The molecule has 1 saturated carbocycles. The summed E-state index contributed by atoms with van der Waals surface area (Å²) >= 11 is 0. The molecule has 2 atom stereocenters. The van der Waals surface area contributed by atoms with Crippen LogP contribution < -0.4 is 0 Å². The highest BCUT2D eigenvalue weighted by Crippen LogP contribution is 2.38. The molecule has 0 aromatic heterocycles. The van der Waals surface area contributed by atoms with Crippen LogP contribution in [0, 0.1) is 17.8 Å². The van der Waals surface area contributed by atoms with Crippen LogP contribution in [-0.2, 0) is 9.53 Å². The summed E-state index contributed by atoms with van der Waals surface area (Å²) < 4.78 is 5.05. The van der Waals surface area contributed by atoms with Crippen molar-refractivity contribution in [3.05, 3.63) is 0 Å². The summed E-state index contributed by atoms with van der Waals surface area (Å²) in [5.41, 5.74) is 0. The Morgan fingerprint density at radius 1 is 1.33 bits per heavy atom. The Balaban J connectivity index is 2.04. The van der Waals surface area contributed by atoms with Gasteiger partial charge in [0.15, 0.2) is 0 Å². The van der Waals surface area contributed by atoms with Gasteiger partial charge in [0.25, 0.3) is 0 Å². The van der Waals surface area contributed by atoms with Crippen molar-refractivity contribution in [3.8, 4) is 0 Å². The molecule has 68 valence electrons. The van der Waals surface area contributed by atoms with Crippen molar-refractivity contribution in [2.45, 2.75) is 32.6 Å². The predicted molar refractivity (Wildman–Crippen MR) is 45.6 cm³/mol. The van der Waals surface area contributed by atoms with Crippen molar-refractivity contribution < 1.29 is 9.53 Å². The molecule has 0 N–H and O–H groups in total. The van der Waals surface area contributed by atoms with Crippen molar-refractivity contribution in [2.75, 3.05) is 6.61 Å². The molecule has 0 aromatic rings. The van der Waals surface area contributed by atoms with Crippen LogP contribution in [0.5, 0.6) is 0 Å². The van der Waals surface area contributed by atoms with E-state index in [1.165, 1.54) is 25.7 Å². The fourth-order valence-electron chi connectivity index (χ4n) is 2.62. The lowest BCUT2D eigenvalue weighted by Gasteiger charge is -2.17. The average molecular weight is 168 g/mol. The third kappa shape index (κ3) is 1.23. The third-order valence-corrected chi connectivity index (χ3v) is 3.28. The van der Waals surface area contributed by atoms with Crippen molar-refractivity contribution in [1.82, 2.24) is 0 Å². The molecule has 0 amide bonds. The van der Waals surface area contributed by atoms with E-state index in [-0.39, 0.29) is 11.9 Å². The number of ether oxygens (including phenoxy) is 1. The maximum absolute atomic E-state index is 11.3. The number of carbonyl (C=O) groups excluding carboxylic acids is 1. The lowest BCUT2D eigenvalue weighted by molar-refractivity contribution is -0.142. The SMILES string of the molecule is CC1COC(=O)C1C1CCCC1. The average Bonchev–Trinajstić information content (AvgIpc) is 2.61. The summed E-state index contributed by atoms with van der Waals surface area (Å²) in [6, 6.07) is 0. The van der Waals surface area contributed by atoms with Crippen molar-refractivity contribution >= 4 is 5.97 Å². The molecule has 1 aliphatic heterocycles. The highest BCUT2D eigenvalue weighted by molar-refractivity contribution is 5.75. The number of esters is 1. The van der Waals surface area contributed by atoms with E-state index in [1.54, 1.807) is 0 Å². The van der Waals surface area contributed by atoms with Gasteiger partial charge in [-0.2, -0.15) is 0 Å². The van der Waals surface area contributed by atoms with Gasteiger partial charge in [0.1, 0.15) is 0 Å². The van der Waals surface area contributed by atoms with Gasteiger partial charge in [-0.3, -0.25) is 4.79 Å². The Morgan fingerprint density at radius 2 is 2.00 bits per heavy atom. The number of cyclic esters (lactones) is 1. The van der Waals surface area contributed by atoms with E-state index >= 15 is 0 Å².